The Labute approximate surface area is 59.5 Å². The van der Waals surface area contributed by atoms with Gasteiger partial charge in [-0.1, -0.05) is 0 Å². The molecule has 4 heteroatoms. The van der Waals surface area contributed by atoms with E-state index in [1.165, 1.54) is 0 Å². The Morgan fingerprint density at radius 1 is 1.62 bits per heavy atom. The van der Waals surface area contributed by atoms with Crippen molar-refractivity contribution in [1.29, 1.82) is 0 Å². The summed E-state index contributed by atoms with van der Waals surface area (Å²) in [4.78, 5) is 19.4. The van der Waals surface area contributed by atoms with Crippen molar-refractivity contribution in [3.05, 3.63) is 9.66 Å². The zero-order valence-corrected chi connectivity index (χ0v) is 5.95. The Kier molecular flexibility index (Phi) is 3.42. The maximum Gasteiger partial charge on any atom is 0.342 e. The highest BCUT2D eigenvalue weighted by molar-refractivity contribution is 14.1. The molecule has 0 saturated carbocycles. The number of carbonyl (C=O) groups is 2. The lowest BCUT2D eigenvalue weighted by Crippen LogP contribution is -1.92. The van der Waals surface area contributed by atoms with Gasteiger partial charge in [0.15, 0.2) is 0 Å². The molecule has 0 aromatic heterocycles. The van der Waals surface area contributed by atoms with E-state index in [0.29, 0.717) is 6.29 Å². The van der Waals surface area contributed by atoms with Crippen LogP contribution in [0.2, 0.25) is 0 Å². The van der Waals surface area contributed by atoms with Crippen LogP contribution in [-0.4, -0.2) is 17.4 Å². The van der Waals surface area contributed by atoms with Crippen molar-refractivity contribution in [3.8, 4) is 0 Å². The van der Waals surface area contributed by atoms with E-state index in [1.54, 1.807) is 22.6 Å². The molecule has 1 N–H and O–H groups in total. The van der Waals surface area contributed by atoms with Crippen LogP contribution in [0.25, 0.3) is 0 Å². The van der Waals surface area contributed by atoms with Gasteiger partial charge in [0.25, 0.3) is 0 Å². The predicted octanol–water partition coefficient (Wildman–Crippen LogP) is 0.589. The standard InChI is InChI=1S/C4H3IO3/c5-3(1-2-6)4(7)8/h1-2H,(H,7,8)/b3-1-. The van der Waals surface area contributed by atoms with Gasteiger partial charge in [-0.2, -0.15) is 0 Å². The lowest BCUT2D eigenvalue weighted by atomic mass is 10.5. The van der Waals surface area contributed by atoms with E-state index in [0.717, 1.165) is 6.08 Å². The van der Waals surface area contributed by atoms with Crippen molar-refractivity contribution in [2.24, 2.45) is 0 Å². The number of carbonyl (C=O) groups excluding carboxylic acids is 1. The van der Waals surface area contributed by atoms with Gasteiger partial charge in [0.1, 0.15) is 9.87 Å². The minimum atomic E-state index is -1.07. The van der Waals surface area contributed by atoms with Gasteiger partial charge in [-0.3, -0.25) is 4.79 Å². The van der Waals surface area contributed by atoms with Gasteiger partial charge in [-0.05, 0) is 28.7 Å². The third kappa shape index (κ3) is 2.73. The molecule has 0 aromatic carbocycles. The normalized spacial score (nSPS) is 10.9. The average Bonchev–Trinajstić information content (AvgIpc) is 1.67. The van der Waals surface area contributed by atoms with Gasteiger partial charge < -0.3 is 5.11 Å². The lowest BCUT2D eigenvalue weighted by molar-refractivity contribution is -0.131. The van der Waals surface area contributed by atoms with Crippen LogP contribution in [0.15, 0.2) is 9.66 Å². The summed E-state index contributed by atoms with van der Waals surface area (Å²) in [6.07, 6.45) is 1.43. The average molecular weight is 226 g/mol. The van der Waals surface area contributed by atoms with Crippen molar-refractivity contribution in [2.45, 2.75) is 0 Å². The number of aldehydes is 1. The zero-order chi connectivity index (χ0) is 6.57. The van der Waals surface area contributed by atoms with Crippen molar-refractivity contribution in [2.75, 3.05) is 0 Å². The molecule has 0 aliphatic heterocycles. The van der Waals surface area contributed by atoms with Gasteiger partial charge in [-0.25, -0.2) is 4.79 Å². The Balaban J connectivity index is 3.99. The predicted molar refractivity (Wildman–Crippen MR) is 35.8 cm³/mol. The summed E-state index contributed by atoms with van der Waals surface area (Å²) in [6, 6.07) is 0. The third-order valence-electron chi connectivity index (χ3n) is 0.419. The van der Waals surface area contributed by atoms with Crippen LogP contribution < -0.4 is 0 Å². The quantitative estimate of drug-likeness (QED) is 0.425. The molecule has 3 nitrogen and oxygen atoms in total. The van der Waals surface area contributed by atoms with Crippen molar-refractivity contribution in [1.82, 2.24) is 0 Å². The summed E-state index contributed by atoms with van der Waals surface area (Å²) >= 11 is 1.56. The first-order chi connectivity index (χ1) is 3.68. The molecule has 0 spiro atoms. The fourth-order valence-electron chi connectivity index (χ4n) is 0.131. The Morgan fingerprint density at radius 3 is 2.25 bits per heavy atom. The molecule has 0 amide bonds. The summed E-state index contributed by atoms with van der Waals surface area (Å²) in [5.41, 5.74) is 0. The van der Waals surface area contributed by atoms with Gasteiger partial charge in [0.2, 0.25) is 0 Å². The molecule has 0 atom stereocenters. The van der Waals surface area contributed by atoms with E-state index in [4.69, 9.17) is 5.11 Å². The monoisotopic (exact) mass is 226 g/mol. The molecule has 0 rings (SSSR count). The molecule has 0 aliphatic carbocycles. The number of aliphatic carboxylic acids is 1. The minimum absolute atomic E-state index is 0.0256. The molecular formula is C4H3IO3. The second kappa shape index (κ2) is 3.59. The number of carboxylic acid groups (broad SMARTS) is 1. The van der Waals surface area contributed by atoms with Crippen LogP contribution in [0.1, 0.15) is 0 Å². The number of rotatable bonds is 2. The summed E-state index contributed by atoms with van der Waals surface area (Å²) in [5.74, 6) is -1.07. The first kappa shape index (κ1) is 7.61. The van der Waals surface area contributed by atoms with E-state index in [2.05, 4.69) is 0 Å². The van der Waals surface area contributed by atoms with E-state index in [9.17, 15) is 9.59 Å². The number of hydrogen-bond acceptors (Lipinski definition) is 2. The van der Waals surface area contributed by atoms with E-state index in [1.807, 2.05) is 0 Å². The Morgan fingerprint density at radius 2 is 2.12 bits per heavy atom. The molecule has 0 aromatic rings. The number of halogens is 1. The maximum atomic E-state index is 9.85. The number of hydrogen-bond donors (Lipinski definition) is 1. The van der Waals surface area contributed by atoms with Gasteiger partial charge in [-0.15, -0.1) is 0 Å². The van der Waals surface area contributed by atoms with E-state index < -0.39 is 5.97 Å². The fraction of sp³-hybridized carbons (Fsp3) is 0. The smallest absolute Gasteiger partial charge is 0.342 e. The van der Waals surface area contributed by atoms with Gasteiger partial charge >= 0.3 is 5.97 Å². The number of carboxylic acids is 1. The topological polar surface area (TPSA) is 54.4 Å². The van der Waals surface area contributed by atoms with Crippen LogP contribution in [0.3, 0.4) is 0 Å². The second-order valence-electron chi connectivity index (χ2n) is 0.956. The van der Waals surface area contributed by atoms with Crippen LogP contribution >= 0.6 is 22.6 Å². The van der Waals surface area contributed by atoms with Crippen LogP contribution in [0.4, 0.5) is 0 Å². The van der Waals surface area contributed by atoms with Crippen LogP contribution in [-0.2, 0) is 9.59 Å². The molecule has 0 radical (unpaired) electrons. The third-order valence-corrected chi connectivity index (χ3v) is 1.24. The van der Waals surface area contributed by atoms with Crippen molar-refractivity contribution in [3.63, 3.8) is 0 Å². The SMILES string of the molecule is O=C/C=C(\I)C(=O)O. The summed E-state index contributed by atoms with van der Waals surface area (Å²) in [5, 5.41) is 8.08. The molecule has 0 aliphatic rings. The lowest BCUT2D eigenvalue weighted by Gasteiger charge is -1.81. The Hall–Kier alpha value is -0.390. The Bertz CT molecular complexity index is 138. The second-order valence-corrected chi connectivity index (χ2v) is 2.12. The molecule has 0 bridgehead atoms. The molecule has 0 fully saturated rings. The summed E-state index contributed by atoms with van der Waals surface area (Å²) in [6.45, 7) is 0. The highest BCUT2D eigenvalue weighted by atomic mass is 127. The highest BCUT2D eigenvalue weighted by Crippen LogP contribution is 2.02. The minimum Gasteiger partial charge on any atom is -0.477 e. The molecule has 0 heterocycles. The van der Waals surface area contributed by atoms with Crippen LogP contribution in [0, 0.1) is 0 Å². The summed E-state index contributed by atoms with van der Waals surface area (Å²) in [7, 11) is 0. The fourth-order valence-corrected chi connectivity index (χ4v) is 0.278. The molecular weight excluding hydrogens is 223 g/mol. The first-order valence-corrected chi connectivity index (χ1v) is 2.80. The zero-order valence-electron chi connectivity index (χ0n) is 3.80. The molecule has 44 valence electrons. The highest BCUT2D eigenvalue weighted by Gasteiger charge is 1.98. The summed E-state index contributed by atoms with van der Waals surface area (Å²) < 4.78 is 0.0256. The number of allylic oxidation sites excluding steroid dienone is 1. The van der Waals surface area contributed by atoms with Crippen molar-refractivity contribution < 1.29 is 14.7 Å². The van der Waals surface area contributed by atoms with Crippen LogP contribution in [0.5, 0.6) is 0 Å². The molecule has 0 unspecified atom stereocenters. The van der Waals surface area contributed by atoms with E-state index in [-0.39, 0.29) is 3.58 Å². The molecule has 0 saturated heterocycles. The molecule has 8 heavy (non-hydrogen) atoms. The first-order valence-electron chi connectivity index (χ1n) is 1.72. The van der Waals surface area contributed by atoms with Crippen molar-refractivity contribution >= 4 is 34.8 Å². The largest absolute Gasteiger partial charge is 0.477 e. The van der Waals surface area contributed by atoms with E-state index >= 15 is 0 Å². The van der Waals surface area contributed by atoms with Gasteiger partial charge in [0, 0.05) is 0 Å². The van der Waals surface area contributed by atoms with Gasteiger partial charge in [0.05, 0.1) is 0 Å². The maximum absolute atomic E-state index is 9.85.